The zero-order valence-corrected chi connectivity index (χ0v) is 6.66. The zero-order valence-electron chi connectivity index (χ0n) is 5.90. The van der Waals surface area contributed by atoms with Gasteiger partial charge in [0, 0.05) is 18.3 Å². The second kappa shape index (κ2) is 3.81. The maximum atomic E-state index is 10.9. The second-order valence-corrected chi connectivity index (χ2v) is 2.97. The van der Waals surface area contributed by atoms with Crippen LogP contribution in [0.25, 0.3) is 0 Å². The fourth-order valence-corrected chi connectivity index (χ4v) is 1.40. The average molecular weight is 162 g/mol. The number of rotatable bonds is 1. The molecule has 1 rings (SSSR count). The molecular formula is C7H12ClNO. The van der Waals surface area contributed by atoms with Gasteiger partial charge in [0.05, 0.1) is 0 Å². The lowest BCUT2D eigenvalue weighted by molar-refractivity contribution is -0.121. The topological polar surface area (TPSA) is 29.1 Å². The van der Waals surface area contributed by atoms with Crippen LogP contribution in [0.2, 0.25) is 0 Å². The van der Waals surface area contributed by atoms with E-state index in [2.05, 4.69) is 5.32 Å². The molecule has 3 heteroatoms. The van der Waals surface area contributed by atoms with Crippen LogP contribution in [0.5, 0.6) is 0 Å². The molecule has 1 aliphatic rings. The first-order chi connectivity index (χ1) is 4.83. The van der Waals surface area contributed by atoms with Crippen LogP contribution < -0.4 is 5.32 Å². The van der Waals surface area contributed by atoms with Gasteiger partial charge >= 0.3 is 0 Å². The minimum atomic E-state index is 0.156. The van der Waals surface area contributed by atoms with Crippen LogP contribution in [-0.2, 0) is 4.79 Å². The summed E-state index contributed by atoms with van der Waals surface area (Å²) in [6.45, 7) is 0. The molecule has 0 bridgehead atoms. The highest BCUT2D eigenvalue weighted by Gasteiger charge is 2.14. The van der Waals surface area contributed by atoms with E-state index in [1.807, 2.05) is 0 Å². The van der Waals surface area contributed by atoms with Gasteiger partial charge in [-0.3, -0.25) is 4.79 Å². The summed E-state index contributed by atoms with van der Waals surface area (Å²) < 4.78 is 0. The van der Waals surface area contributed by atoms with E-state index in [4.69, 9.17) is 11.6 Å². The van der Waals surface area contributed by atoms with Gasteiger partial charge in [-0.2, -0.15) is 0 Å². The van der Waals surface area contributed by atoms with Gasteiger partial charge in [0.2, 0.25) is 5.91 Å². The number of amides is 1. The number of carbonyl (C=O) groups is 1. The van der Waals surface area contributed by atoms with Crippen LogP contribution in [-0.4, -0.2) is 17.8 Å². The maximum Gasteiger partial charge on any atom is 0.220 e. The summed E-state index contributed by atoms with van der Waals surface area (Å²) in [4.78, 5) is 10.9. The van der Waals surface area contributed by atoms with Gasteiger partial charge in [0.25, 0.3) is 0 Å². The molecule has 1 atom stereocenters. The van der Waals surface area contributed by atoms with Gasteiger partial charge < -0.3 is 5.32 Å². The lowest BCUT2D eigenvalue weighted by Gasteiger charge is -2.10. The Hall–Kier alpha value is -0.240. The number of halogens is 1. The molecule has 0 aromatic carbocycles. The number of alkyl halides is 1. The van der Waals surface area contributed by atoms with E-state index in [-0.39, 0.29) is 11.9 Å². The standard InChI is InChI=1S/C7H12ClNO/c8-5-6-3-1-2-4-7(10)9-6/h6H,1-5H2,(H,9,10)/t6-/m0/s1. The molecule has 0 aromatic heterocycles. The highest BCUT2D eigenvalue weighted by molar-refractivity contribution is 6.18. The predicted octanol–water partition coefficient (Wildman–Crippen LogP) is 1.28. The molecule has 0 aliphatic carbocycles. The third kappa shape index (κ3) is 2.18. The van der Waals surface area contributed by atoms with Crippen LogP contribution in [0.15, 0.2) is 0 Å². The van der Waals surface area contributed by atoms with Crippen LogP contribution in [0.3, 0.4) is 0 Å². The first kappa shape index (κ1) is 7.86. The molecule has 58 valence electrons. The fraction of sp³-hybridized carbons (Fsp3) is 0.857. The summed E-state index contributed by atoms with van der Waals surface area (Å²) in [6, 6.07) is 0.219. The molecule has 0 aromatic rings. The van der Waals surface area contributed by atoms with E-state index in [0.717, 1.165) is 19.3 Å². The van der Waals surface area contributed by atoms with Crippen LogP contribution >= 0.6 is 11.6 Å². The van der Waals surface area contributed by atoms with Gasteiger partial charge in [-0.05, 0) is 12.8 Å². The molecular weight excluding hydrogens is 150 g/mol. The van der Waals surface area contributed by atoms with E-state index in [9.17, 15) is 4.79 Å². The second-order valence-electron chi connectivity index (χ2n) is 2.66. The summed E-state index contributed by atoms with van der Waals surface area (Å²) in [5, 5.41) is 2.86. The van der Waals surface area contributed by atoms with Crippen molar-refractivity contribution in [2.45, 2.75) is 31.7 Å². The highest BCUT2D eigenvalue weighted by Crippen LogP contribution is 2.09. The normalized spacial score (nSPS) is 27.3. The van der Waals surface area contributed by atoms with Gasteiger partial charge in [-0.1, -0.05) is 6.42 Å². The van der Waals surface area contributed by atoms with Crippen molar-refractivity contribution in [2.75, 3.05) is 5.88 Å². The van der Waals surface area contributed by atoms with Gasteiger partial charge in [-0.25, -0.2) is 0 Å². The Bertz CT molecular complexity index is 127. The van der Waals surface area contributed by atoms with Gasteiger partial charge in [0.1, 0.15) is 0 Å². The minimum Gasteiger partial charge on any atom is -0.352 e. The highest BCUT2D eigenvalue weighted by atomic mass is 35.5. The van der Waals surface area contributed by atoms with Crippen molar-refractivity contribution >= 4 is 17.5 Å². The monoisotopic (exact) mass is 161 g/mol. The molecule has 1 fully saturated rings. The van der Waals surface area contributed by atoms with Crippen molar-refractivity contribution in [2.24, 2.45) is 0 Å². The molecule has 1 N–H and O–H groups in total. The fourth-order valence-electron chi connectivity index (χ4n) is 1.16. The quantitative estimate of drug-likeness (QED) is 0.577. The van der Waals surface area contributed by atoms with E-state index in [1.165, 1.54) is 0 Å². The average Bonchev–Trinajstić information content (AvgIpc) is 2.13. The molecule has 0 saturated carbocycles. The van der Waals surface area contributed by atoms with Crippen molar-refractivity contribution in [1.29, 1.82) is 0 Å². The summed E-state index contributed by atoms with van der Waals surface area (Å²) in [6.07, 6.45) is 3.85. The van der Waals surface area contributed by atoms with Crippen molar-refractivity contribution in [3.63, 3.8) is 0 Å². The summed E-state index contributed by atoms with van der Waals surface area (Å²) in [5.41, 5.74) is 0. The molecule has 1 saturated heterocycles. The van der Waals surface area contributed by atoms with Crippen molar-refractivity contribution in [3.8, 4) is 0 Å². The summed E-state index contributed by atoms with van der Waals surface area (Å²) >= 11 is 5.60. The lowest BCUT2D eigenvalue weighted by Crippen LogP contribution is -2.33. The van der Waals surface area contributed by atoms with E-state index in [1.54, 1.807) is 0 Å². The first-order valence-corrected chi connectivity index (χ1v) is 4.21. The maximum absolute atomic E-state index is 10.9. The molecule has 1 aliphatic heterocycles. The van der Waals surface area contributed by atoms with Crippen LogP contribution in [0, 0.1) is 0 Å². The number of nitrogens with one attached hydrogen (secondary N) is 1. The largest absolute Gasteiger partial charge is 0.352 e. The lowest BCUT2D eigenvalue weighted by atomic mass is 10.1. The Labute approximate surface area is 65.9 Å². The minimum absolute atomic E-state index is 0.156. The van der Waals surface area contributed by atoms with Crippen molar-refractivity contribution in [3.05, 3.63) is 0 Å². The Kier molecular flexibility index (Phi) is 3.00. The molecule has 2 nitrogen and oxygen atoms in total. The third-order valence-corrected chi connectivity index (χ3v) is 2.13. The number of hydrogen-bond donors (Lipinski definition) is 1. The number of carbonyl (C=O) groups excluding carboxylic acids is 1. The molecule has 0 unspecified atom stereocenters. The van der Waals surface area contributed by atoms with Crippen molar-refractivity contribution < 1.29 is 4.79 Å². The Morgan fingerprint density at radius 1 is 1.60 bits per heavy atom. The smallest absolute Gasteiger partial charge is 0.220 e. The Balaban J connectivity index is 2.38. The van der Waals surface area contributed by atoms with E-state index < -0.39 is 0 Å². The van der Waals surface area contributed by atoms with Crippen molar-refractivity contribution in [1.82, 2.24) is 5.32 Å². The first-order valence-electron chi connectivity index (χ1n) is 3.68. The summed E-state index contributed by atoms with van der Waals surface area (Å²) in [7, 11) is 0. The van der Waals surface area contributed by atoms with Crippen LogP contribution in [0.4, 0.5) is 0 Å². The van der Waals surface area contributed by atoms with Gasteiger partial charge in [-0.15, -0.1) is 11.6 Å². The summed E-state index contributed by atoms with van der Waals surface area (Å²) in [5.74, 6) is 0.703. The third-order valence-electron chi connectivity index (χ3n) is 1.76. The predicted molar refractivity (Wildman–Crippen MR) is 41.1 cm³/mol. The molecule has 0 radical (unpaired) electrons. The number of hydrogen-bond acceptors (Lipinski definition) is 1. The molecule has 10 heavy (non-hydrogen) atoms. The van der Waals surface area contributed by atoms with E-state index >= 15 is 0 Å². The molecule has 1 amide bonds. The van der Waals surface area contributed by atoms with Crippen LogP contribution in [0.1, 0.15) is 25.7 Å². The van der Waals surface area contributed by atoms with Gasteiger partial charge in [0.15, 0.2) is 0 Å². The Morgan fingerprint density at radius 2 is 2.40 bits per heavy atom. The van der Waals surface area contributed by atoms with E-state index in [0.29, 0.717) is 12.3 Å². The molecule has 1 heterocycles. The SMILES string of the molecule is O=C1CCCC[C@@H](CCl)N1. The molecule has 0 spiro atoms. The Morgan fingerprint density at radius 3 is 3.10 bits per heavy atom. The zero-order chi connectivity index (χ0) is 7.40.